The van der Waals surface area contributed by atoms with Gasteiger partial charge in [0.15, 0.2) is 5.41 Å². The molecular weight excluding hydrogens is 211 g/mol. The molecule has 1 atom stereocenters. The number of alkyl halides is 3. The molecule has 1 aliphatic rings. The van der Waals surface area contributed by atoms with Crippen LogP contribution in [0.2, 0.25) is 0 Å². The molecule has 88 valence electrons. The van der Waals surface area contributed by atoms with Gasteiger partial charge in [-0.3, -0.25) is 4.79 Å². The van der Waals surface area contributed by atoms with Crippen LogP contribution >= 0.6 is 0 Å². The average molecular weight is 225 g/mol. The molecule has 0 saturated carbocycles. The molecule has 1 heterocycles. The standard InChI is InChI=1S/C9H14F3NO2/c1-2-5-15-7(14)8(9(10,11)12)3-4-13-6-8/h13H,2-6H2,1H3. The summed E-state index contributed by atoms with van der Waals surface area (Å²) in [7, 11) is 0. The van der Waals surface area contributed by atoms with E-state index in [2.05, 4.69) is 10.1 Å². The van der Waals surface area contributed by atoms with Gasteiger partial charge in [0.05, 0.1) is 6.61 Å². The summed E-state index contributed by atoms with van der Waals surface area (Å²) in [5.41, 5.74) is -2.33. The Hall–Kier alpha value is -0.780. The fraction of sp³-hybridized carbons (Fsp3) is 0.889. The monoisotopic (exact) mass is 225 g/mol. The molecule has 0 bridgehead atoms. The van der Waals surface area contributed by atoms with Gasteiger partial charge in [-0.15, -0.1) is 0 Å². The summed E-state index contributed by atoms with van der Waals surface area (Å²) in [5.74, 6) is -1.15. The third-order valence-electron chi connectivity index (χ3n) is 2.53. The van der Waals surface area contributed by atoms with Crippen molar-refractivity contribution in [1.82, 2.24) is 5.32 Å². The Bertz CT molecular complexity index is 234. The molecular formula is C9H14F3NO2. The maximum atomic E-state index is 12.8. The van der Waals surface area contributed by atoms with Crippen molar-refractivity contribution in [3.8, 4) is 0 Å². The fourth-order valence-corrected chi connectivity index (χ4v) is 1.56. The normalized spacial score (nSPS) is 26.7. The Labute approximate surface area is 86.0 Å². The Morgan fingerprint density at radius 2 is 2.20 bits per heavy atom. The van der Waals surface area contributed by atoms with Crippen LogP contribution in [0.4, 0.5) is 13.2 Å². The highest BCUT2D eigenvalue weighted by molar-refractivity contribution is 5.78. The van der Waals surface area contributed by atoms with Gasteiger partial charge in [0.25, 0.3) is 0 Å². The number of hydrogen-bond donors (Lipinski definition) is 1. The molecule has 0 radical (unpaired) electrons. The summed E-state index contributed by atoms with van der Waals surface area (Å²) in [6, 6.07) is 0. The average Bonchev–Trinajstić information content (AvgIpc) is 2.62. The summed E-state index contributed by atoms with van der Waals surface area (Å²) in [5, 5.41) is 2.56. The van der Waals surface area contributed by atoms with Crippen molar-refractivity contribution in [2.45, 2.75) is 25.9 Å². The first-order valence-electron chi connectivity index (χ1n) is 4.89. The highest BCUT2D eigenvalue weighted by Gasteiger charge is 2.62. The van der Waals surface area contributed by atoms with Crippen molar-refractivity contribution < 1.29 is 22.7 Å². The smallest absolute Gasteiger partial charge is 0.406 e. The number of halogens is 3. The fourth-order valence-electron chi connectivity index (χ4n) is 1.56. The predicted octanol–water partition coefficient (Wildman–Crippen LogP) is 1.48. The Kier molecular flexibility index (Phi) is 3.59. The molecule has 0 aromatic carbocycles. The van der Waals surface area contributed by atoms with Crippen LogP contribution in [0.25, 0.3) is 0 Å². The van der Waals surface area contributed by atoms with Crippen molar-refractivity contribution in [3.05, 3.63) is 0 Å². The molecule has 1 saturated heterocycles. The molecule has 3 nitrogen and oxygen atoms in total. The summed E-state index contributed by atoms with van der Waals surface area (Å²) in [6.45, 7) is 1.59. The van der Waals surface area contributed by atoms with Gasteiger partial charge in [-0.25, -0.2) is 0 Å². The van der Waals surface area contributed by atoms with E-state index < -0.39 is 17.6 Å². The minimum Gasteiger partial charge on any atom is -0.465 e. The van der Waals surface area contributed by atoms with E-state index in [9.17, 15) is 18.0 Å². The lowest BCUT2D eigenvalue weighted by Gasteiger charge is -2.28. The molecule has 0 aliphatic carbocycles. The van der Waals surface area contributed by atoms with E-state index in [1.165, 1.54) is 0 Å². The van der Waals surface area contributed by atoms with Gasteiger partial charge in [0, 0.05) is 6.54 Å². The van der Waals surface area contributed by atoms with Crippen LogP contribution in [0.5, 0.6) is 0 Å². The van der Waals surface area contributed by atoms with Crippen LogP contribution in [0, 0.1) is 5.41 Å². The van der Waals surface area contributed by atoms with Crippen molar-refractivity contribution >= 4 is 5.97 Å². The van der Waals surface area contributed by atoms with E-state index in [1.807, 2.05) is 0 Å². The van der Waals surface area contributed by atoms with Gasteiger partial charge in [-0.2, -0.15) is 13.2 Å². The quantitative estimate of drug-likeness (QED) is 0.739. The molecule has 0 spiro atoms. The van der Waals surface area contributed by atoms with Crippen molar-refractivity contribution in [3.63, 3.8) is 0 Å². The van der Waals surface area contributed by atoms with Gasteiger partial charge < -0.3 is 10.1 Å². The lowest BCUT2D eigenvalue weighted by molar-refractivity contribution is -0.229. The summed E-state index contributed by atoms with van der Waals surface area (Å²) in [6.07, 6.45) is -4.26. The first-order valence-corrected chi connectivity index (χ1v) is 4.89. The van der Waals surface area contributed by atoms with E-state index in [0.29, 0.717) is 6.42 Å². The molecule has 0 aromatic heterocycles. The van der Waals surface area contributed by atoms with Crippen LogP contribution in [0.3, 0.4) is 0 Å². The third kappa shape index (κ3) is 2.25. The molecule has 1 rings (SSSR count). The number of esters is 1. The van der Waals surface area contributed by atoms with E-state index in [-0.39, 0.29) is 26.1 Å². The second-order valence-electron chi connectivity index (χ2n) is 3.64. The molecule has 1 N–H and O–H groups in total. The zero-order chi connectivity index (χ0) is 11.5. The predicted molar refractivity (Wildman–Crippen MR) is 47.2 cm³/mol. The van der Waals surface area contributed by atoms with Crippen LogP contribution in [-0.4, -0.2) is 31.8 Å². The largest absolute Gasteiger partial charge is 0.465 e. The summed E-state index contributed by atoms with van der Waals surface area (Å²) < 4.78 is 42.9. The van der Waals surface area contributed by atoms with E-state index in [1.54, 1.807) is 6.92 Å². The summed E-state index contributed by atoms with van der Waals surface area (Å²) >= 11 is 0. The number of ether oxygens (including phenoxy) is 1. The zero-order valence-electron chi connectivity index (χ0n) is 8.49. The van der Waals surface area contributed by atoms with Crippen molar-refractivity contribution in [1.29, 1.82) is 0 Å². The molecule has 1 unspecified atom stereocenters. The number of hydrogen-bond acceptors (Lipinski definition) is 3. The first-order chi connectivity index (χ1) is 6.94. The van der Waals surface area contributed by atoms with Gasteiger partial charge in [0.2, 0.25) is 0 Å². The third-order valence-corrected chi connectivity index (χ3v) is 2.53. The first kappa shape index (κ1) is 12.3. The highest BCUT2D eigenvalue weighted by Crippen LogP contribution is 2.43. The molecule has 1 aliphatic heterocycles. The molecule has 1 fully saturated rings. The topological polar surface area (TPSA) is 38.3 Å². The Morgan fingerprint density at radius 3 is 2.60 bits per heavy atom. The molecule has 0 aromatic rings. The van der Waals surface area contributed by atoms with Crippen LogP contribution in [0.15, 0.2) is 0 Å². The SMILES string of the molecule is CCCOC(=O)C1(C(F)(F)F)CCNC1. The Morgan fingerprint density at radius 1 is 1.53 bits per heavy atom. The number of nitrogens with one attached hydrogen (secondary N) is 1. The second-order valence-corrected chi connectivity index (χ2v) is 3.64. The van der Waals surface area contributed by atoms with E-state index >= 15 is 0 Å². The minimum absolute atomic E-state index is 0.0384. The maximum absolute atomic E-state index is 12.8. The lowest BCUT2D eigenvalue weighted by atomic mass is 9.86. The highest BCUT2D eigenvalue weighted by atomic mass is 19.4. The number of carbonyl (C=O) groups excluding carboxylic acids is 1. The lowest BCUT2D eigenvalue weighted by Crippen LogP contribution is -2.47. The van der Waals surface area contributed by atoms with Gasteiger partial charge in [0.1, 0.15) is 0 Å². The summed E-state index contributed by atoms with van der Waals surface area (Å²) in [4.78, 5) is 11.4. The van der Waals surface area contributed by atoms with Crippen LogP contribution < -0.4 is 5.32 Å². The Balaban J connectivity index is 2.78. The van der Waals surface area contributed by atoms with Gasteiger partial charge in [-0.05, 0) is 19.4 Å². The second kappa shape index (κ2) is 4.38. The zero-order valence-corrected chi connectivity index (χ0v) is 8.49. The van der Waals surface area contributed by atoms with E-state index in [0.717, 1.165) is 0 Å². The number of rotatable bonds is 3. The van der Waals surface area contributed by atoms with Gasteiger partial charge in [-0.1, -0.05) is 6.92 Å². The minimum atomic E-state index is -4.54. The van der Waals surface area contributed by atoms with Crippen molar-refractivity contribution in [2.75, 3.05) is 19.7 Å². The number of carbonyl (C=O) groups is 1. The van der Waals surface area contributed by atoms with E-state index in [4.69, 9.17) is 0 Å². The van der Waals surface area contributed by atoms with Gasteiger partial charge >= 0.3 is 12.1 Å². The van der Waals surface area contributed by atoms with Crippen LogP contribution in [-0.2, 0) is 9.53 Å². The molecule has 15 heavy (non-hydrogen) atoms. The van der Waals surface area contributed by atoms with Crippen LogP contribution in [0.1, 0.15) is 19.8 Å². The molecule has 0 amide bonds. The molecule has 6 heteroatoms. The maximum Gasteiger partial charge on any atom is 0.406 e. The van der Waals surface area contributed by atoms with Crippen molar-refractivity contribution in [2.24, 2.45) is 5.41 Å².